The molecule has 108 valence electrons. The number of anilines is 1. The van der Waals surface area contributed by atoms with Gasteiger partial charge in [-0.25, -0.2) is 4.98 Å². The Morgan fingerprint density at radius 3 is 2.58 bits per heavy atom. The lowest BCUT2D eigenvalue weighted by atomic mass is 10.4. The van der Waals surface area contributed by atoms with Crippen LogP contribution in [0.15, 0.2) is 6.07 Å². The van der Waals surface area contributed by atoms with Gasteiger partial charge in [-0.05, 0) is 26.4 Å². The summed E-state index contributed by atoms with van der Waals surface area (Å²) in [6.45, 7) is 12.9. The Morgan fingerprint density at radius 1 is 1.21 bits per heavy atom. The molecule has 1 aromatic heterocycles. The quantitative estimate of drug-likeness (QED) is 0.743. The molecule has 0 aromatic carbocycles. The first kappa shape index (κ1) is 15.7. The molecule has 0 aliphatic heterocycles. The van der Waals surface area contributed by atoms with E-state index < -0.39 is 0 Å². The molecule has 0 aliphatic carbocycles. The van der Waals surface area contributed by atoms with Crippen LogP contribution in [0.2, 0.25) is 0 Å². The first-order chi connectivity index (χ1) is 9.19. The lowest BCUT2D eigenvalue weighted by Gasteiger charge is -2.17. The van der Waals surface area contributed by atoms with Crippen molar-refractivity contribution in [2.45, 2.75) is 34.1 Å². The van der Waals surface area contributed by atoms with Crippen LogP contribution in [0.4, 0.5) is 5.82 Å². The molecule has 0 radical (unpaired) electrons. The normalized spacial score (nSPS) is 10.8. The molecule has 0 spiro atoms. The topological polar surface area (TPSA) is 50.3 Å². The van der Waals surface area contributed by atoms with Gasteiger partial charge in [0, 0.05) is 19.2 Å². The zero-order valence-corrected chi connectivity index (χ0v) is 12.6. The first-order valence-electron chi connectivity index (χ1n) is 7.14. The summed E-state index contributed by atoms with van der Waals surface area (Å²) in [5.74, 6) is 2.23. The third-order valence-electron chi connectivity index (χ3n) is 2.92. The minimum absolute atomic E-state index is 0.651. The molecule has 1 rings (SSSR count). The molecule has 1 heterocycles. The van der Waals surface area contributed by atoms with Gasteiger partial charge in [-0.2, -0.15) is 4.98 Å². The summed E-state index contributed by atoms with van der Waals surface area (Å²) in [7, 11) is 0. The third kappa shape index (κ3) is 5.87. The van der Waals surface area contributed by atoms with Gasteiger partial charge in [0.05, 0.1) is 0 Å². The van der Waals surface area contributed by atoms with Gasteiger partial charge in [0.25, 0.3) is 0 Å². The lowest BCUT2D eigenvalue weighted by Crippen LogP contribution is -2.28. The van der Waals surface area contributed by atoms with E-state index in [1.165, 1.54) is 0 Å². The number of aromatic nitrogens is 2. The summed E-state index contributed by atoms with van der Waals surface area (Å²) in [5, 5.41) is 3.26. The minimum Gasteiger partial charge on any atom is -0.476 e. The molecular formula is C14H26N4O. The second-order valence-corrected chi connectivity index (χ2v) is 4.44. The Kier molecular flexibility index (Phi) is 7.18. The van der Waals surface area contributed by atoms with Crippen molar-refractivity contribution >= 4 is 5.82 Å². The largest absolute Gasteiger partial charge is 0.476 e. The molecule has 1 N–H and O–H groups in total. The molecule has 0 amide bonds. The van der Waals surface area contributed by atoms with E-state index in [1.807, 2.05) is 13.0 Å². The summed E-state index contributed by atoms with van der Waals surface area (Å²) >= 11 is 0. The molecule has 0 fully saturated rings. The fourth-order valence-electron chi connectivity index (χ4n) is 1.78. The summed E-state index contributed by atoms with van der Waals surface area (Å²) in [6, 6.07) is 1.87. The average molecular weight is 266 g/mol. The highest BCUT2D eigenvalue weighted by Gasteiger charge is 2.04. The van der Waals surface area contributed by atoms with Gasteiger partial charge in [0.2, 0.25) is 5.88 Å². The zero-order valence-electron chi connectivity index (χ0n) is 12.6. The number of likely N-dealkylation sites (N-methyl/N-ethyl adjacent to an activating group) is 1. The molecular weight excluding hydrogens is 240 g/mol. The number of hydrogen-bond acceptors (Lipinski definition) is 5. The van der Waals surface area contributed by atoms with E-state index in [0.29, 0.717) is 12.5 Å². The van der Waals surface area contributed by atoms with Crippen LogP contribution >= 0.6 is 0 Å². The van der Waals surface area contributed by atoms with Crippen molar-refractivity contribution in [2.24, 2.45) is 0 Å². The van der Waals surface area contributed by atoms with Crippen LogP contribution in [0, 0.1) is 6.92 Å². The van der Waals surface area contributed by atoms with Crippen molar-refractivity contribution in [3.63, 3.8) is 0 Å². The zero-order chi connectivity index (χ0) is 14.1. The second-order valence-electron chi connectivity index (χ2n) is 4.44. The van der Waals surface area contributed by atoms with Gasteiger partial charge in [0.1, 0.15) is 18.2 Å². The molecule has 0 saturated carbocycles. The van der Waals surface area contributed by atoms with Crippen LogP contribution in [0.25, 0.3) is 0 Å². The number of ether oxygens (including phenoxy) is 1. The first-order valence-corrected chi connectivity index (χ1v) is 7.14. The van der Waals surface area contributed by atoms with Crippen molar-refractivity contribution in [2.75, 3.05) is 38.1 Å². The van der Waals surface area contributed by atoms with Crippen LogP contribution in [0.5, 0.6) is 5.88 Å². The van der Waals surface area contributed by atoms with Crippen molar-refractivity contribution in [1.82, 2.24) is 14.9 Å². The van der Waals surface area contributed by atoms with E-state index in [2.05, 4.69) is 41.0 Å². The van der Waals surface area contributed by atoms with Crippen LogP contribution in [-0.2, 0) is 0 Å². The van der Waals surface area contributed by atoms with Crippen molar-refractivity contribution in [3.05, 3.63) is 11.9 Å². The molecule has 19 heavy (non-hydrogen) atoms. The predicted octanol–water partition coefficient (Wildman–Crippen LogP) is 2.33. The van der Waals surface area contributed by atoms with Crippen LogP contribution in [0.1, 0.15) is 33.0 Å². The lowest BCUT2D eigenvalue weighted by molar-refractivity contribution is 0.217. The monoisotopic (exact) mass is 266 g/mol. The number of rotatable bonds is 9. The van der Waals surface area contributed by atoms with E-state index in [9.17, 15) is 0 Å². The van der Waals surface area contributed by atoms with E-state index in [0.717, 1.165) is 44.2 Å². The molecule has 0 saturated heterocycles. The molecule has 0 aliphatic rings. The average Bonchev–Trinajstić information content (AvgIpc) is 2.41. The van der Waals surface area contributed by atoms with Crippen molar-refractivity contribution in [1.29, 1.82) is 0 Å². The number of nitrogens with zero attached hydrogens (tertiary/aromatic N) is 3. The van der Waals surface area contributed by atoms with Crippen LogP contribution in [-0.4, -0.2) is 47.7 Å². The van der Waals surface area contributed by atoms with Crippen LogP contribution < -0.4 is 10.1 Å². The summed E-state index contributed by atoms with van der Waals surface area (Å²) in [5.41, 5.74) is 0. The highest BCUT2D eigenvalue weighted by Crippen LogP contribution is 2.13. The maximum atomic E-state index is 5.71. The maximum Gasteiger partial charge on any atom is 0.218 e. The Hall–Kier alpha value is -1.36. The Labute approximate surface area is 116 Å². The van der Waals surface area contributed by atoms with E-state index in [4.69, 9.17) is 4.74 Å². The number of hydrogen-bond donors (Lipinski definition) is 1. The van der Waals surface area contributed by atoms with E-state index in [-0.39, 0.29) is 0 Å². The highest BCUT2D eigenvalue weighted by atomic mass is 16.5. The fourth-order valence-corrected chi connectivity index (χ4v) is 1.78. The number of aryl methyl sites for hydroxylation is 1. The second kappa shape index (κ2) is 8.69. The predicted molar refractivity (Wildman–Crippen MR) is 78.8 cm³/mol. The van der Waals surface area contributed by atoms with Gasteiger partial charge in [0.15, 0.2) is 0 Å². The molecule has 5 heteroatoms. The van der Waals surface area contributed by atoms with Crippen molar-refractivity contribution in [3.8, 4) is 5.88 Å². The van der Waals surface area contributed by atoms with Gasteiger partial charge in [-0.1, -0.05) is 20.8 Å². The summed E-state index contributed by atoms with van der Waals surface area (Å²) in [6.07, 6.45) is 1.07. The maximum absolute atomic E-state index is 5.71. The minimum atomic E-state index is 0.651. The fraction of sp³-hybridized carbons (Fsp3) is 0.714. The molecule has 0 atom stereocenters. The Morgan fingerprint density at radius 2 is 1.95 bits per heavy atom. The molecule has 0 bridgehead atoms. The van der Waals surface area contributed by atoms with Crippen LogP contribution in [0.3, 0.4) is 0 Å². The van der Waals surface area contributed by atoms with Gasteiger partial charge in [-0.15, -0.1) is 0 Å². The summed E-state index contributed by atoms with van der Waals surface area (Å²) in [4.78, 5) is 11.0. The van der Waals surface area contributed by atoms with Crippen molar-refractivity contribution < 1.29 is 4.74 Å². The van der Waals surface area contributed by atoms with Gasteiger partial charge in [-0.3, -0.25) is 0 Å². The number of nitrogens with one attached hydrogen (secondary N) is 1. The molecule has 1 aromatic rings. The highest BCUT2D eigenvalue weighted by molar-refractivity contribution is 5.38. The Balaban J connectivity index is 2.50. The van der Waals surface area contributed by atoms with Gasteiger partial charge >= 0.3 is 0 Å². The SMILES string of the molecule is CCCNc1cc(OCCN(CC)CC)nc(C)n1. The summed E-state index contributed by atoms with van der Waals surface area (Å²) < 4.78 is 5.71. The van der Waals surface area contributed by atoms with Gasteiger partial charge < -0.3 is 15.0 Å². The van der Waals surface area contributed by atoms with E-state index in [1.54, 1.807) is 0 Å². The molecule has 5 nitrogen and oxygen atoms in total. The third-order valence-corrected chi connectivity index (χ3v) is 2.92. The molecule has 0 unspecified atom stereocenters. The standard InChI is InChI=1S/C14H26N4O/c1-5-8-15-13-11-14(17-12(4)16-13)19-10-9-18(6-2)7-3/h11H,5-10H2,1-4H3,(H,15,16,17). The van der Waals surface area contributed by atoms with E-state index >= 15 is 0 Å². The smallest absolute Gasteiger partial charge is 0.218 e. The Bertz CT molecular complexity index is 366.